The average Bonchev–Trinajstić information content (AvgIpc) is 3.04. The molecule has 1 aliphatic rings. The summed E-state index contributed by atoms with van der Waals surface area (Å²) in [6, 6.07) is 4.62. The second kappa shape index (κ2) is 7.67. The molecule has 2 unspecified atom stereocenters. The average molecular weight is 374 g/mol. The predicted octanol–water partition coefficient (Wildman–Crippen LogP) is 2.47. The summed E-state index contributed by atoms with van der Waals surface area (Å²) in [5.74, 6) is 1.67. The SMILES string of the molecule is CCNC(=NCc1ncccc1C)NC1CC1C.I. The molecule has 4 nitrogen and oxygen atoms in total. The number of hydrogen-bond donors (Lipinski definition) is 2. The van der Waals surface area contributed by atoms with E-state index in [4.69, 9.17) is 0 Å². The molecule has 19 heavy (non-hydrogen) atoms. The van der Waals surface area contributed by atoms with Gasteiger partial charge in [-0.2, -0.15) is 0 Å². The van der Waals surface area contributed by atoms with Crippen molar-refractivity contribution in [2.24, 2.45) is 10.9 Å². The Hall–Kier alpha value is -0.850. The van der Waals surface area contributed by atoms with Gasteiger partial charge in [-0.15, -0.1) is 24.0 Å². The van der Waals surface area contributed by atoms with Crippen LogP contribution in [0.25, 0.3) is 0 Å². The number of aromatic nitrogens is 1. The Balaban J connectivity index is 0.00000180. The summed E-state index contributed by atoms with van der Waals surface area (Å²) in [7, 11) is 0. The molecule has 0 spiro atoms. The summed E-state index contributed by atoms with van der Waals surface area (Å²) in [4.78, 5) is 8.95. The second-order valence-corrected chi connectivity index (χ2v) is 4.93. The van der Waals surface area contributed by atoms with E-state index in [1.54, 1.807) is 0 Å². The van der Waals surface area contributed by atoms with Crippen LogP contribution in [0.5, 0.6) is 0 Å². The first-order chi connectivity index (χ1) is 8.70. The smallest absolute Gasteiger partial charge is 0.191 e. The highest BCUT2D eigenvalue weighted by Crippen LogP contribution is 2.28. The normalized spacial score (nSPS) is 21.5. The number of guanidine groups is 1. The van der Waals surface area contributed by atoms with Crippen molar-refractivity contribution in [3.63, 3.8) is 0 Å². The fraction of sp³-hybridized carbons (Fsp3) is 0.571. The second-order valence-electron chi connectivity index (χ2n) is 4.93. The number of halogens is 1. The minimum absolute atomic E-state index is 0. The minimum atomic E-state index is 0. The van der Waals surface area contributed by atoms with Crippen LogP contribution >= 0.6 is 24.0 Å². The Labute approximate surface area is 132 Å². The lowest BCUT2D eigenvalue weighted by atomic mass is 10.2. The van der Waals surface area contributed by atoms with Gasteiger partial charge in [-0.25, -0.2) is 4.99 Å². The standard InChI is InChI=1S/C14H22N4.HI/c1-4-15-14(18-12-8-11(12)3)17-9-13-10(2)6-5-7-16-13;/h5-7,11-12H,4,8-9H2,1-3H3,(H2,15,17,18);1H. The van der Waals surface area contributed by atoms with Gasteiger partial charge in [0.2, 0.25) is 0 Å². The summed E-state index contributed by atoms with van der Waals surface area (Å²) >= 11 is 0. The first-order valence-corrected chi connectivity index (χ1v) is 6.66. The van der Waals surface area contributed by atoms with Crippen LogP contribution in [0.1, 0.15) is 31.5 Å². The van der Waals surface area contributed by atoms with Crippen molar-refractivity contribution in [2.75, 3.05) is 6.54 Å². The van der Waals surface area contributed by atoms with Gasteiger partial charge in [0.25, 0.3) is 0 Å². The maximum absolute atomic E-state index is 4.59. The van der Waals surface area contributed by atoms with Gasteiger partial charge in [0.05, 0.1) is 12.2 Å². The van der Waals surface area contributed by atoms with Gasteiger partial charge in [0.15, 0.2) is 5.96 Å². The summed E-state index contributed by atoms with van der Waals surface area (Å²) in [5.41, 5.74) is 2.23. The maximum atomic E-state index is 4.59. The highest BCUT2D eigenvalue weighted by molar-refractivity contribution is 14.0. The Morgan fingerprint density at radius 2 is 2.26 bits per heavy atom. The predicted molar refractivity (Wildman–Crippen MR) is 89.9 cm³/mol. The highest BCUT2D eigenvalue weighted by Gasteiger charge is 2.33. The summed E-state index contributed by atoms with van der Waals surface area (Å²) in [6.07, 6.45) is 3.06. The Morgan fingerprint density at radius 1 is 1.53 bits per heavy atom. The molecule has 1 heterocycles. The summed E-state index contributed by atoms with van der Waals surface area (Å²) in [5, 5.41) is 6.72. The fourth-order valence-electron chi connectivity index (χ4n) is 1.86. The molecule has 2 rings (SSSR count). The van der Waals surface area contributed by atoms with Crippen molar-refractivity contribution in [3.8, 4) is 0 Å². The molecule has 0 bridgehead atoms. The zero-order chi connectivity index (χ0) is 13.0. The van der Waals surface area contributed by atoms with E-state index in [1.165, 1.54) is 12.0 Å². The lowest BCUT2D eigenvalue weighted by Gasteiger charge is -2.10. The van der Waals surface area contributed by atoms with E-state index in [-0.39, 0.29) is 24.0 Å². The lowest BCUT2D eigenvalue weighted by molar-refractivity contribution is 0.764. The van der Waals surface area contributed by atoms with Crippen LogP contribution in [0.3, 0.4) is 0 Å². The molecule has 1 saturated carbocycles. The summed E-state index contributed by atoms with van der Waals surface area (Å²) < 4.78 is 0. The zero-order valence-corrected chi connectivity index (χ0v) is 14.1. The maximum Gasteiger partial charge on any atom is 0.191 e. The Bertz CT molecular complexity index is 433. The third kappa shape index (κ3) is 4.97. The van der Waals surface area contributed by atoms with Gasteiger partial charge in [-0.3, -0.25) is 4.98 Å². The van der Waals surface area contributed by atoms with Crippen molar-refractivity contribution in [2.45, 2.75) is 39.8 Å². The number of pyridine rings is 1. The largest absolute Gasteiger partial charge is 0.357 e. The third-order valence-corrected chi connectivity index (χ3v) is 3.28. The molecule has 106 valence electrons. The van der Waals surface area contributed by atoms with Crippen LogP contribution in [-0.4, -0.2) is 23.5 Å². The molecule has 0 aromatic carbocycles. The van der Waals surface area contributed by atoms with Gasteiger partial charge in [-0.1, -0.05) is 13.0 Å². The van der Waals surface area contributed by atoms with Crippen molar-refractivity contribution in [3.05, 3.63) is 29.6 Å². The van der Waals surface area contributed by atoms with E-state index in [0.29, 0.717) is 12.6 Å². The van der Waals surface area contributed by atoms with E-state index in [0.717, 1.165) is 24.1 Å². The molecular weight excluding hydrogens is 351 g/mol. The molecule has 1 fully saturated rings. The van der Waals surface area contributed by atoms with E-state index in [9.17, 15) is 0 Å². The molecule has 0 amide bonds. The monoisotopic (exact) mass is 374 g/mol. The minimum Gasteiger partial charge on any atom is -0.357 e. The van der Waals surface area contributed by atoms with Crippen LogP contribution in [0, 0.1) is 12.8 Å². The van der Waals surface area contributed by atoms with Crippen molar-refractivity contribution in [1.82, 2.24) is 15.6 Å². The highest BCUT2D eigenvalue weighted by atomic mass is 127. The van der Waals surface area contributed by atoms with Gasteiger partial charge in [0, 0.05) is 18.8 Å². The number of nitrogens with zero attached hydrogens (tertiary/aromatic N) is 2. The van der Waals surface area contributed by atoms with E-state index < -0.39 is 0 Å². The van der Waals surface area contributed by atoms with E-state index in [1.807, 2.05) is 12.3 Å². The molecular formula is C14H23IN4. The molecule has 0 radical (unpaired) electrons. The molecule has 5 heteroatoms. The van der Waals surface area contributed by atoms with E-state index in [2.05, 4.69) is 47.4 Å². The molecule has 0 aliphatic heterocycles. The van der Waals surface area contributed by atoms with Crippen molar-refractivity contribution < 1.29 is 0 Å². The molecule has 1 aromatic rings. The van der Waals surface area contributed by atoms with Crippen LogP contribution < -0.4 is 10.6 Å². The zero-order valence-electron chi connectivity index (χ0n) is 11.8. The Morgan fingerprint density at radius 3 is 2.84 bits per heavy atom. The third-order valence-electron chi connectivity index (χ3n) is 3.28. The number of rotatable bonds is 4. The first kappa shape index (κ1) is 16.2. The molecule has 0 saturated heterocycles. The van der Waals surface area contributed by atoms with Gasteiger partial charge in [-0.05, 0) is 37.8 Å². The van der Waals surface area contributed by atoms with Crippen LogP contribution in [-0.2, 0) is 6.54 Å². The molecule has 2 N–H and O–H groups in total. The van der Waals surface area contributed by atoms with Crippen LogP contribution in [0.2, 0.25) is 0 Å². The number of aryl methyl sites for hydroxylation is 1. The van der Waals surface area contributed by atoms with E-state index >= 15 is 0 Å². The van der Waals surface area contributed by atoms with Crippen LogP contribution in [0.15, 0.2) is 23.3 Å². The van der Waals surface area contributed by atoms with Crippen molar-refractivity contribution >= 4 is 29.9 Å². The fourth-order valence-corrected chi connectivity index (χ4v) is 1.86. The lowest BCUT2D eigenvalue weighted by Crippen LogP contribution is -2.39. The quantitative estimate of drug-likeness (QED) is 0.484. The van der Waals surface area contributed by atoms with Gasteiger partial charge >= 0.3 is 0 Å². The molecule has 1 aliphatic carbocycles. The first-order valence-electron chi connectivity index (χ1n) is 6.66. The number of hydrogen-bond acceptors (Lipinski definition) is 2. The summed E-state index contributed by atoms with van der Waals surface area (Å²) in [6.45, 7) is 7.92. The number of aliphatic imine (C=N–C) groups is 1. The molecule has 1 aromatic heterocycles. The van der Waals surface area contributed by atoms with Crippen LogP contribution in [0.4, 0.5) is 0 Å². The molecule has 2 atom stereocenters. The van der Waals surface area contributed by atoms with Gasteiger partial charge in [0.1, 0.15) is 0 Å². The van der Waals surface area contributed by atoms with Crippen molar-refractivity contribution in [1.29, 1.82) is 0 Å². The Kier molecular flexibility index (Phi) is 6.54. The number of nitrogens with one attached hydrogen (secondary N) is 2. The van der Waals surface area contributed by atoms with Gasteiger partial charge < -0.3 is 10.6 Å². The topological polar surface area (TPSA) is 49.3 Å².